The Labute approximate surface area is 108 Å². The van der Waals surface area contributed by atoms with Gasteiger partial charge in [0.15, 0.2) is 0 Å². The lowest BCUT2D eigenvalue weighted by atomic mass is 10.0. The molecule has 0 spiro atoms. The van der Waals surface area contributed by atoms with Gasteiger partial charge in [-0.15, -0.1) is 0 Å². The van der Waals surface area contributed by atoms with Gasteiger partial charge in [-0.25, -0.2) is 4.79 Å². The highest BCUT2D eigenvalue weighted by Crippen LogP contribution is 2.67. The first-order valence-electron chi connectivity index (χ1n) is 6.43. The maximum Gasteiger partial charge on any atom is 0.314 e. The number of carboxylic acids is 1. The van der Waals surface area contributed by atoms with Crippen LogP contribution >= 0.6 is 0 Å². The standard InChI is InChI=1S/C13H24N2O3/c1-12(2)9(13(12,3)4)8-15-11(18)14-7-5-6-10(16)17/h9H,5-8H2,1-4H3,(H,16,17)(H2,14,15,18). The highest BCUT2D eigenvalue weighted by atomic mass is 16.4. The summed E-state index contributed by atoms with van der Waals surface area (Å²) in [7, 11) is 0. The van der Waals surface area contributed by atoms with Crippen LogP contribution in [0.15, 0.2) is 0 Å². The molecule has 0 heterocycles. The second kappa shape index (κ2) is 5.16. The van der Waals surface area contributed by atoms with E-state index in [0.717, 1.165) is 0 Å². The summed E-state index contributed by atoms with van der Waals surface area (Å²) in [6.07, 6.45) is 0.548. The second-order valence-corrected chi connectivity index (χ2v) is 6.13. The minimum Gasteiger partial charge on any atom is -0.481 e. The summed E-state index contributed by atoms with van der Waals surface area (Å²) < 4.78 is 0. The maximum atomic E-state index is 11.5. The molecule has 1 rings (SSSR count). The predicted molar refractivity (Wildman–Crippen MR) is 69.3 cm³/mol. The number of nitrogens with one attached hydrogen (secondary N) is 2. The Morgan fingerprint density at radius 1 is 1.11 bits per heavy atom. The van der Waals surface area contributed by atoms with Crippen molar-refractivity contribution in [3.8, 4) is 0 Å². The molecule has 104 valence electrons. The van der Waals surface area contributed by atoms with Crippen LogP contribution in [0, 0.1) is 16.7 Å². The minimum atomic E-state index is -0.835. The Balaban J connectivity index is 2.14. The SMILES string of the molecule is CC1(C)C(CNC(=O)NCCCC(=O)O)C1(C)C. The van der Waals surface area contributed by atoms with Gasteiger partial charge in [0, 0.05) is 19.5 Å². The van der Waals surface area contributed by atoms with Crippen LogP contribution in [0.3, 0.4) is 0 Å². The van der Waals surface area contributed by atoms with Crippen molar-refractivity contribution in [3.05, 3.63) is 0 Å². The Bertz CT molecular complexity index is 323. The number of amides is 2. The smallest absolute Gasteiger partial charge is 0.314 e. The average molecular weight is 256 g/mol. The van der Waals surface area contributed by atoms with E-state index >= 15 is 0 Å². The number of carbonyl (C=O) groups excluding carboxylic acids is 1. The van der Waals surface area contributed by atoms with Crippen molar-refractivity contribution in [2.45, 2.75) is 40.5 Å². The van der Waals surface area contributed by atoms with Crippen molar-refractivity contribution < 1.29 is 14.7 Å². The van der Waals surface area contributed by atoms with Crippen LogP contribution in [0.1, 0.15) is 40.5 Å². The normalized spacial score (nSPS) is 20.2. The first-order chi connectivity index (χ1) is 8.19. The van der Waals surface area contributed by atoms with E-state index < -0.39 is 5.97 Å². The lowest BCUT2D eigenvalue weighted by Crippen LogP contribution is -2.37. The number of carboxylic acid groups (broad SMARTS) is 1. The molecule has 1 aliphatic rings. The molecule has 2 amide bonds. The molecule has 0 aromatic rings. The molecular formula is C13H24N2O3. The molecule has 18 heavy (non-hydrogen) atoms. The molecule has 5 heteroatoms. The first-order valence-corrected chi connectivity index (χ1v) is 6.43. The van der Waals surface area contributed by atoms with Crippen molar-refractivity contribution in [2.24, 2.45) is 16.7 Å². The summed E-state index contributed by atoms with van der Waals surface area (Å²) in [6, 6.07) is -0.209. The molecule has 0 aromatic carbocycles. The molecule has 0 atom stereocenters. The fraction of sp³-hybridized carbons (Fsp3) is 0.846. The topological polar surface area (TPSA) is 78.4 Å². The molecule has 0 aromatic heterocycles. The fourth-order valence-electron chi connectivity index (χ4n) is 2.54. The van der Waals surface area contributed by atoms with Gasteiger partial charge in [0.1, 0.15) is 0 Å². The summed E-state index contributed by atoms with van der Waals surface area (Å²) in [4.78, 5) is 21.8. The Hall–Kier alpha value is -1.26. The summed E-state index contributed by atoms with van der Waals surface area (Å²) in [6.45, 7) is 9.92. The van der Waals surface area contributed by atoms with E-state index in [2.05, 4.69) is 38.3 Å². The molecule has 1 saturated carbocycles. The van der Waals surface area contributed by atoms with Gasteiger partial charge in [-0.05, 0) is 23.2 Å². The van der Waals surface area contributed by atoms with Crippen molar-refractivity contribution >= 4 is 12.0 Å². The van der Waals surface area contributed by atoms with Gasteiger partial charge in [0.05, 0.1) is 0 Å². The fourth-order valence-corrected chi connectivity index (χ4v) is 2.54. The van der Waals surface area contributed by atoms with Crippen LogP contribution in [0.25, 0.3) is 0 Å². The molecule has 3 N–H and O–H groups in total. The van der Waals surface area contributed by atoms with E-state index in [9.17, 15) is 9.59 Å². The van der Waals surface area contributed by atoms with Crippen LogP contribution in [-0.4, -0.2) is 30.2 Å². The average Bonchev–Trinajstić information content (AvgIpc) is 2.62. The van der Waals surface area contributed by atoms with Gasteiger partial charge in [-0.2, -0.15) is 0 Å². The molecule has 1 aliphatic carbocycles. The van der Waals surface area contributed by atoms with Gasteiger partial charge >= 0.3 is 12.0 Å². The number of rotatable bonds is 6. The highest BCUT2D eigenvalue weighted by molar-refractivity contribution is 5.74. The van der Waals surface area contributed by atoms with E-state index in [-0.39, 0.29) is 23.3 Å². The molecule has 5 nitrogen and oxygen atoms in total. The van der Waals surface area contributed by atoms with Gasteiger partial charge in [-0.1, -0.05) is 27.7 Å². The molecule has 0 aliphatic heterocycles. The zero-order valence-corrected chi connectivity index (χ0v) is 11.7. The van der Waals surface area contributed by atoms with E-state index in [1.165, 1.54) is 0 Å². The Morgan fingerprint density at radius 3 is 2.11 bits per heavy atom. The van der Waals surface area contributed by atoms with Crippen LogP contribution in [0.5, 0.6) is 0 Å². The van der Waals surface area contributed by atoms with Crippen molar-refractivity contribution in [3.63, 3.8) is 0 Å². The highest BCUT2D eigenvalue weighted by Gasteiger charge is 2.64. The van der Waals surface area contributed by atoms with E-state index in [0.29, 0.717) is 25.4 Å². The summed E-state index contributed by atoms with van der Waals surface area (Å²) in [5.74, 6) is -0.339. The van der Waals surface area contributed by atoms with Gasteiger partial charge < -0.3 is 15.7 Å². The largest absolute Gasteiger partial charge is 0.481 e. The van der Waals surface area contributed by atoms with Crippen LogP contribution in [0.4, 0.5) is 4.79 Å². The summed E-state index contributed by atoms with van der Waals surface area (Å²) >= 11 is 0. The van der Waals surface area contributed by atoms with Crippen LogP contribution in [0.2, 0.25) is 0 Å². The predicted octanol–water partition coefficient (Wildman–Crippen LogP) is 1.83. The quantitative estimate of drug-likeness (QED) is 0.634. The number of hydrogen-bond donors (Lipinski definition) is 3. The summed E-state index contributed by atoms with van der Waals surface area (Å²) in [5.41, 5.74) is 0.535. The van der Waals surface area contributed by atoms with Crippen molar-refractivity contribution in [1.29, 1.82) is 0 Å². The van der Waals surface area contributed by atoms with E-state index in [4.69, 9.17) is 5.11 Å². The molecular weight excluding hydrogens is 232 g/mol. The lowest BCUT2D eigenvalue weighted by molar-refractivity contribution is -0.137. The first kappa shape index (κ1) is 14.8. The zero-order valence-electron chi connectivity index (χ0n) is 11.7. The zero-order chi connectivity index (χ0) is 14.0. The number of aliphatic carboxylic acids is 1. The monoisotopic (exact) mass is 256 g/mol. The maximum absolute atomic E-state index is 11.5. The van der Waals surface area contributed by atoms with Crippen molar-refractivity contribution in [1.82, 2.24) is 10.6 Å². The second-order valence-electron chi connectivity index (χ2n) is 6.13. The third-order valence-corrected chi connectivity index (χ3v) is 4.64. The van der Waals surface area contributed by atoms with Gasteiger partial charge in [-0.3, -0.25) is 4.79 Å². The summed E-state index contributed by atoms with van der Waals surface area (Å²) in [5, 5.41) is 14.0. The number of carbonyl (C=O) groups is 2. The van der Waals surface area contributed by atoms with Gasteiger partial charge in [0.2, 0.25) is 0 Å². The molecule has 0 radical (unpaired) electrons. The van der Waals surface area contributed by atoms with Crippen LogP contribution in [-0.2, 0) is 4.79 Å². The van der Waals surface area contributed by atoms with E-state index in [1.54, 1.807) is 0 Å². The van der Waals surface area contributed by atoms with Gasteiger partial charge in [0.25, 0.3) is 0 Å². The van der Waals surface area contributed by atoms with Crippen molar-refractivity contribution in [2.75, 3.05) is 13.1 Å². The minimum absolute atomic E-state index is 0.0863. The molecule has 1 fully saturated rings. The molecule has 0 saturated heterocycles. The van der Waals surface area contributed by atoms with E-state index in [1.807, 2.05) is 0 Å². The number of urea groups is 1. The Morgan fingerprint density at radius 2 is 1.67 bits per heavy atom. The lowest BCUT2D eigenvalue weighted by Gasteiger charge is -2.07. The number of hydrogen-bond acceptors (Lipinski definition) is 2. The molecule has 0 bridgehead atoms. The third-order valence-electron chi connectivity index (χ3n) is 4.64. The van der Waals surface area contributed by atoms with Crippen LogP contribution < -0.4 is 10.6 Å². The Kier molecular flexibility index (Phi) is 4.24. The third kappa shape index (κ3) is 3.15. The molecule has 0 unspecified atom stereocenters.